The van der Waals surface area contributed by atoms with Crippen molar-refractivity contribution in [3.63, 3.8) is 0 Å². The van der Waals surface area contributed by atoms with Crippen molar-refractivity contribution in [2.45, 2.75) is 32.4 Å². The lowest BCUT2D eigenvalue weighted by Crippen LogP contribution is -2.14. The summed E-state index contributed by atoms with van der Waals surface area (Å²) >= 11 is 0. The summed E-state index contributed by atoms with van der Waals surface area (Å²) in [6, 6.07) is 3.01. The summed E-state index contributed by atoms with van der Waals surface area (Å²) < 4.78 is 41.2. The Labute approximate surface area is 124 Å². The zero-order valence-corrected chi connectivity index (χ0v) is 11.7. The predicted octanol–water partition coefficient (Wildman–Crippen LogP) is 3.39. The number of carbonyl (C=O) groups is 1. The normalized spacial score (nSPS) is 14.2. The minimum absolute atomic E-state index is 0.122. The van der Waals surface area contributed by atoms with Crippen LogP contribution in [-0.2, 0) is 19.0 Å². The molecule has 0 saturated carbocycles. The van der Waals surface area contributed by atoms with E-state index in [0.717, 1.165) is 29.8 Å². The molecule has 0 unspecified atom stereocenters. The molecule has 22 heavy (non-hydrogen) atoms. The summed E-state index contributed by atoms with van der Waals surface area (Å²) in [5, 5.41) is 13.1. The third kappa shape index (κ3) is 2.26. The molecule has 1 N–H and O–H groups in total. The number of hydrogen-bond acceptors (Lipinski definition) is 2. The average Bonchev–Trinajstić information content (AvgIpc) is 3.01. The number of carboxylic acid groups (broad SMARTS) is 1. The van der Waals surface area contributed by atoms with E-state index in [-0.39, 0.29) is 5.69 Å². The fourth-order valence-corrected chi connectivity index (χ4v) is 2.90. The molecule has 1 aliphatic rings. The maximum absolute atomic E-state index is 13.3. The molecule has 1 aromatic heterocycles. The van der Waals surface area contributed by atoms with E-state index in [1.54, 1.807) is 6.92 Å². The standard InChI is InChI=1S/C15H13F3N2O2/c1-8-10-3-2-4-12(10)20(19-8)13-6-5-9(14(21)22)7-11(13)15(16,17)18/h5-7H,2-4H2,1H3,(H,21,22). The van der Waals surface area contributed by atoms with Crippen LogP contribution in [0, 0.1) is 6.92 Å². The number of aryl methyl sites for hydroxylation is 1. The number of nitrogens with zero attached hydrogens (tertiary/aromatic N) is 2. The van der Waals surface area contributed by atoms with Crippen LogP contribution < -0.4 is 0 Å². The molecule has 0 atom stereocenters. The molecule has 1 heterocycles. The van der Waals surface area contributed by atoms with Gasteiger partial charge in [0.25, 0.3) is 0 Å². The van der Waals surface area contributed by atoms with Crippen LogP contribution in [0.5, 0.6) is 0 Å². The molecular weight excluding hydrogens is 297 g/mol. The van der Waals surface area contributed by atoms with Crippen molar-refractivity contribution in [1.82, 2.24) is 9.78 Å². The molecule has 0 fully saturated rings. The summed E-state index contributed by atoms with van der Waals surface area (Å²) in [6.45, 7) is 1.78. The summed E-state index contributed by atoms with van der Waals surface area (Å²) in [4.78, 5) is 10.9. The Morgan fingerprint density at radius 3 is 2.68 bits per heavy atom. The number of rotatable bonds is 2. The Kier molecular flexibility index (Phi) is 3.23. The monoisotopic (exact) mass is 310 g/mol. The Balaban J connectivity index is 2.23. The van der Waals surface area contributed by atoms with E-state index in [9.17, 15) is 18.0 Å². The first-order chi connectivity index (χ1) is 10.3. The molecule has 1 aromatic carbocycles. The van der Waals surface area contributed by atoms with Gasteiger partial charge in [0.15, 0.2) is 0 Å². The van der Waals surface area contributed by atoms with Crippen LogP contribution in [-0.4, -0.2) is 20.9 Å². The molecule has 2 aromatic rings. The zero-order valence-electron chi connectivity index (χ0n) is 11.7. The van der Waals surface area contributed by atoms with Crippen LogP contribution in [0.2, 0.25) is 0 Å². The average molecular weight is 310 g/mol. The molecule has 0 amide bonds. The topological polar surface area (TPSA) is 55.1 Å². The number of carboxylic acids is 1. The molecule has 7 heteroatoms. The second kappa shape index (κ2) is 4.86. The largest absolute Gasteiger partial charge is 0.478 e. The number of halogens is 3. The first-order valence-electron chi connectivity index (χ1n) is 6.81. The number of benzene rings is 1. The van der Waals surface area contributed by atoms with Crippen LogP contribution in [0.1, 0.15) is 39.3 Å². The summed E-state index contributed by atoms with van der Waals surface area (Å²) in [5.74, 6) is -1.39. The van der Waals surface area contributed by atoms with Gasteiger partial charge in [0.2, 0.25) is 0 Å². The molecule has 4 nitrogen and oxygen atoms in total. The van der Waals surface area contributed by atoms with Gasteiger partial charge in [0.1, 0.15) is 0 Å². The van der Waals surface area contributed by atoms with Crippen molar-refractivity contribution >= 4 is 5.97 Å². The minimum Gasteiger partial charge on any atom is -0.478 e. The maximum atomic E-state index is 13.3. The zero-order chi connectivity index (χ0) is 16.1. The second-order valence-corrected chi connectivity index (χ2v) is 5.31. The van der Waals surface area contributed by atoms with Crippen LogP contribution >= 0.6 is 0 Å². The Bertz CT molecular complexity index is 763. The van der Waals surface area contributed by atoms with Gasteiger partial charge >= 0.3 is 12.1 Å². The van der Waals surface area contributed by atoms with E-state index in [4.69, 9.17) is 5.11 Å². The van der Waals surface area contributed by atoms with Gasteiger partial charge < -0.3 is 5.11 Å². The van der Waals surface area contributed by atoms with Crippen LogP contribution in [0.4, 0.5) is 13.2 Å². The van der Waals surface area contributed by atoms with Gasteiger partial charge in [-0.3, -0.25) is 0 Å². The SMILES string of the molecule is Cc1nn(-c2ccc(C(=O)O)cc2C(F)(F)F)c2c1CCC2. The lowest BCUT2D eigenvalue weighted by atomic mass is 10.1. The van der Waals surface area contributed by atoms with Crippen molar-refractivity contribution < 1.29 is 23.1 Å². The smallest absolute Gasteiger partial charge is 0.418 e. The highest BCUT2D eigenvalue weighted by atomic mass is 19.4. The lowest BCUT2D eigenvalue weighted by Gasteiger charge is -2.15. The molecule has 3 rings (SSSR count). The third-order valence-corrected chi connectivity index (χ3v) is 3.91. The Hall–Kier alpha value is -2.31. The third-order valence-electron chi connectivity index (χ3n) is 3.91. The summed E-state index contributed by atoms with van der Waals surface area (Å²) in [5.41, 5.74) is 1.01. The fraction of sp³-hybridized carbons (Fsp3) is 0.333. The first kappa shape index (κ1) is 14.6. The number of aromatic carboxylic acids is 1. The van der Waals surface area contributed by atoms with Gasteiger partial charge in [-0.15, -0.1) is 0 Å². The Morgan fingerprint density at radius 1 is 1.32 bits per heavy atom. The number of aromatic nitrogens is 2. The van der Waals surface area contributed by atoms with Gasteiger partial charge in [-0.1, -0.05) is 0 Å². The summed E-state index contributed by atoms with van der Waals surface area (Å²) in [7, 11) is 0. The minimum atomic E-state index is -4.65. The molecular formula is C15H13F3N2O2. The quantitative estimate of drug-likeness (QED) is 0.925. The highest BCUT2D eigenvalue weighted by molar-refractivity contribution is 5.88. The fourth-order valence-electron chi connectivity index (χ4n) is 2.90. The van der Waals surface area contributed by atoms with E-state index < -0.39 is 23.3 Å². The molecule has 0 bridgehead atoms. The van der Waals surface area contributed by atoms with Crippen molar-refractivity contribution in [1.29, 1.82) is 0 Å². The van der Waals surface area contributed by atoms with Crippen LogP contribution in [0.15, 0.2) is 18.2 Å². The maximum Gasteiger partial charge on any atom is 0.418 e. The second-order valence-electron chi connectivity index (χ2n) is 5.31. The van der Waals surface area contributed by atoms with Gasteiger partial charge in [-0.25, -0.2) is 9.48 Å². The highest BCUT2D eigenvalue weighted by Crippen LogP contribution is 2.36. The number of alkyl halides is 3. The van der Waals surface area contributed by atoms with E-state index in [2.05, 4.69) is 5.10 Å². The number of hydrogen-bond donors (Lipinski definition) is 1. The van der Waals surface area contributed by atoms with Crippen molar-refractivity contribution in [3.8, 4) is 5.69 Å². The van der Waals surface area contributed by atoms with Gasteiger partial charge in [0.05, 0.1) is 22.5 Å². The van der Waals surface area contributed by atoms with E-state index in [1.165, 1.54) is 16.8 Å². The number of fused-ring (bicyclic) bond motifs is 1. The van der Waals surface area contributed by atoms with Gasteiger partial charge in [0, 0.05) is 5.69 Å². The molecule has 0 radical (unpaired) electrons. The van der Waals surface area contributed by atoms with Crippen LogP contribution in [0.3, 0.4) is 0 Å². The van der Waals surface area contributed by atoms with Gasteiger partial charge in [-0.05, 0) is 49.9 Å². The first-order valence-corrected chi connectivity index (χ1v) is 6.81. The molecule has 0 aliphatic heterocycles. The lowest BCUT2D eigenvalue weighted by molar-refractivity contribution is -0.137. The molecule has 116 valence electrons. The Morgan fingerprint density at radius 2 is 2.05 bits per heavy atom. The summed E-state index contributed by atoms with van der Waals surface area (Å²) in [6.07, 6.45) is -2.27. The van der Waals surface area contributed by atoms with E-state index >= 15 is 0 Å². The molecule has 1 aliphatic carbocycles. The van der Waals surface area contributed by atoms with Crippen LogP contribution in [0.25, 0.3) is 5.69 Å². The van der Waals surface area contributed by atoms with E-state index in [0.29, 0.717) is 12.5 Å². The van der Waals surface area contributed by atoms with Gasteiger partial charge in [-0.2, -0.15) is 18.3 Å². The molecule has 0 spiro atoms. The van der Waals surface area contributed by atoms with Crippen molar-refractivity contribution in [2.24, 2.45) is 0 Å². The molecule has 0 saturated heterocycles. The highest BCUT2D eigenvalue weighted by Gasteiger charge is 2.36. The van der Waals surface area contributed by atoms with E-state index in [1.807, 2.05) is 0 Å². The predicted molar refractivity (Wildman–Crippen MR) is 72.3 cm³/mol. The van der Waals surface area contributed by atoms with Crippen molar-refractivity contribution in [2.75, 3.05) is 0 Å². The van der Waals surface area contributed by atoms with Crippen molar-refractivity contribution in [3.05, 3.63) is 46.3 Å².